The first-order valence-corrected chi connectivity index (χ1v) is 7.60. The van der Waals surface area contributed by atoms with Crippen LogP contribution in [0.1, 0.15) is 32.1 Å². The van der Waals surface area contributed by atoms with Crippen molar-refractivity contribution in [2.24, 2.45) is 23.7 Å². The van der Waals surface area contributed by atoms with Gasteiger partial charge in [-0.2, -0.15) is 0 Å². The van der Waals surface area contributed by atoms with E-state index in [-0.39, 0.29) is 6.61 Å². The predicted octanol–water partition coefficient (Wildman–Crippen LogP) is 1.99. The van der Waals surface area contributed by atoms with Gasteiger partial charge in [0, 0.05) is 5.25 Å². The van der Waals surface area contributed by atoms with Crippen LogP contribution in [0.4, 0.5) is 0 Å². The van der Waals surface area contributed by atoms with Gasteiger partial charge in [-0.1, -0.05) is 0 Å². The Kier molecular flexibility index (Phi) is 3.11. The van der Waals surface area contributed by atoms with E-state index in [1.54, 1.807) is 0 Å². The normalized spacial score (nSPS) is 44.9. The van der Waals surface area contributed by atoms with Gasteiger partial charge in [-0.15, -0.1) is 11.8 Å². The van der Waals surface area contributed by atoms with E-state index in [9.17, 15) is 4.79 Å². The van der Waals surface area contributed by atoms with Crippen LogP contribution >= 0.6 is 11.8 Å². The number of carboxylic acids is 1. The number of carboxylic acid groups (broad SMARTS) is 1. The Morgan fingerprint density at radius 1 is 1.12 bits per heavy atom. The Hall–Kier alpha value is -0.220. The average molecular weight is 256 g/mol. The Bertz CT molecular complexity index is 290. The van der Waals surface area contributed by atoms with Gasteiger partial charge in [0.1, 0.15) is 5.25 Å². The first-order valence-electron chi connectivity index (χ1n) is 6.66. The SMILES string of the molecule is O=C(O)C(CO)SC1C2CC3CC(C2)CC1C3. The zero-order valence-corrected chi connectivity index (χ0v) is 10.7. The summed E-state index contributed by atoms with van der Waals surface area (Å²) in [4.78, 5) is 11.0. The van der Waals surface area contributed by atoms with Crippen LogP contribution in [0.5, 0.6) is 0 Å². The summed E-state index contributed by atoms with van der Waals surface area (Å²) in [5.74, 6) is 2.44. The van der Waals surface area contributed by atoms with Crippen molar-refractivity contribution in [3.8, 4) is 0 Å². The van der Waals surface area contributed by atoms with Gasteiger partial charge in [0.05, 0.1) is 6.61 Å². The van der Waals surface area contributed by atoms with Gasteiger partial charge >= 0.3 is 5.97 Å². The summed E-state index contributed by atoms with van der Waals surface area (Å²) in [6.45, 7) is -0.233. The van der Waals surface area contributed by atoms with E-state index in [0.717, 1.165) is 23.7 Å². The summed E-state index contributed by atoms with van der Waals surface area (Å²) in [5.41, 5.74) is 0. The van der Waals surface area contributed by atoms with Crippen molar-refractivity contribution in [2.45, 2.75) is 42.6 Å². The molecule has 4 aliphatic rings. The maximum Gasteiger partial charge on any atom is 0.319 e. The molecule has 4 saturated carbocycles. The largest absolute Gasteiger partial charge is 0.480 e. The third-order valence-electron chi connectivity index (χ3n) is 4.90. The number of hydrogen-bond donors (Lipinski definition) is 2. The van der Waals surface area contributed by atoms with Crippen molar-refractivity contribution in [3.05, 3.63) is 0 Å². The molecule has 17 heavy (non-hydrogen) atoms. The minimum atomic E-state index is -0.855. The highest BCUT2D eigenvalue weighted by Crippen LogP contribution is 2.57. The predicted molar refractivity (Wildman–Crippen MR) is 66.9 cm³/mol. The molecule has 1 unspecified atom stereocenters. The van der Waals surface area contributed by atoms with Crippen molar-refractivity contribution in [2.75, 3.05) is 6.61 Å². The van der Waals surface area contributed by atoms with Crippen LogP contribution in [0, 0.1) is 23.7 Å². The van der Waals surface area contributed by atoms with Crippen LogP contribution in [-0.2, 0) is 4.79 Å². The zero-order chi connectivity index (χ0) is 12.0. The highest BCUT2D eigenvalue weighted by molar-refractivity contribution is 8.01. The van der Waals surface area contributed by atoms with Crippen LogP contribution in [0.2, 0.25) is 0 Å². The number of aliphatic carboxylic acids is 1. The third-order valence-corrected chi connectivity index (χ3v) is 6.67. The topological polar surface area (TPSA) is 57.5 Å². The molecule has 4 heteroatoms. The Morgan fingerprint density at radius 2 is 1.65 bits per heavy atom. The first kappa shape index (κ1) is 11.8. The molecule has 0 saturated heterocycles. The van der Waals surface area contributed by atoms with Gasteiger partial charge in [-0.05, 0) is 55.8 Å². The number of thioether (sulfide) groups is 1. The Labute approximate surface area is 106 Å². The molecule has 0 aliphatic heterocycles. The molecule has 0 spiro atoms. The van der Waals surface area contributed by atoms with Gasteiger partial charge < -0.3 is 10.2 Å². The van der Waals surface area contributed by atoms with Crippen molar-refractivity contribution in [1.82, 2.24) is 0 Å². The number of carbonyl (C=O) groups is 1. The molecule has 4 rings (SSSR count). The van der Waals surface area contributed by atoms with E-state index in [1.165, 1.54) is 43.9 Å². The van der Waals surface area contributed by atoms with Crippen LogP contribution in [-0.4, -0.2) is 33.3 Å². The van der Waals surface area contributed by atoms with Crippen LogP contribution in [0.15, 0.2) is 0 Å². The maximum absolute atomic E-state index is 11.0. The molecule has 0 aromatic carbocycles. The third kappa shape index (κ3) is 2.10. The molecule has 96 valence electrons. The van der Waals surface area contributed by atoms with Crippen molar-refractivity contribution >= 4 is 17.7 Å². The monoisotopic (exact) mass is 256 g/mol. The van der Waals surface area contributed by atoms with Crippen LogP contribution in [0.25, 0.3) is 0 Å². The van der Waals surface area contributed by atoms with E-state index < -0.39 is 11.2 Å². The smallest absolute Gasteiger partial charge is 0.319 e. The molecular weight excluding hydrogens is 236 g/mol. The molecule has 4 bridgehead atoms. The number of aliphatic hydroxyl groups is 1. The lowest BCUT2D eigenvalue weighted by atomic mass is 9.56. The number of rotatable bonds is 4. The van der Waals surface area contributed by atoms with E-state index >= 15 is 0 Å². The number of aliphatic hydroxyl groups excluding tert-OH is 1. The first-order chi connectivity index (χ1) is 8.17. The van der Waals surface area contributed by atoms with E-state index in [4.69, 9.17) is 10.2 Å². The van der Waals surface area contributed by atoms with Crippen LogP contribution < -0.4 is 0 Å². The molecule has 0 heterocycles. The van der Waals surface area contributed by atoms with Gasteiger partial charge in [0.15, 0.2) is 0 Å². The fourth-order valence-corrected chi connectivity index (χ4v) is 5.94. The summed E-state index contributed by atoms with van der Waals surface area (Å²) in [7, 11) is 0. The van der Waals surface area contributed by atoms with Crippen molar-refractivity contribution in [1.29, 1.82) is 0 Å². The molecule has 0 aromatic heterocycles. The molecule has 0 aromatic rings. The fraction of sp³-hybridized carbons (Fsp3) is 0.923. The molecule has 3 nitrogen and oxygen atoms in total. The minimum Gasteiger partial charge on any atom is -0.480 e. The van der Waals surface area contributed by atoms with E-state index in [2.05, 4.69) is 0 Å². The Morgan fingerprint density at radius 3 is 2.06 bits per heavy atom. The molecule has 0 amide bonds. The van der Waals surface area contributed by atoms with Gasteiger partial charge in [-0.25, -0.2) is 0 Å². The minimum absolute atomic E-state index is 0.233. The van der Waals surface area contributed by atoms with Gasteiger partial charge in [0.25, 0.3) is 0 Å². The van der Waals surface area contributed by atoms with Crippen molar-refractivity contribution in [3.63, 3.8) is 0 Å². The summed E-state index contributed by atoms with van der Waals surface area (Å²) < 4.78 is 0. The molecule has 2 N–H and O–H groups in total. The molecule has 4 fully saturated rings. The quantitative estimate of drug-likeness (QED) is 0.807. The zero-order valence-electron chi connectivity index (χ0n) is 9.92. The second kappa shape index (κ2) is 4.47. The van der Waals surface area contributed by atoms with Crippen molar-refractivity contribution < 1.29 is 15.0 Å². The lowest BCUT2D eigenvalue weighted by Gasteiger charge is -2.54. The second-order valence-corrected chi connectivity index (χ2v) is 7.43. The molecular formula is C13H20O3S. The van der Waals surface area contributed by atoms with E-state index in [0.29, 0.717) is 5.25 Å². The highest BCUT2D eigenvalue weighted by atomic mass is 32.2. The summed E-state index contributed by atoms with van der Waals surface area (Å²) in [5, 5.41) is 18.1. The molecule has 1 atom stereocenters. The standard InChI is InChI=1S/C13H20O3S/c14-6-11(13(15)16)17-12-9-2-7-1-8(4-9)5-10(12)3-7/h7-12,14H,1-6H2,(H,15,16). The lowest BCUT2D eigenvalue weighted by molar-refractivity contribution is -0.137. The maximum atomic E-state index is 11.0. The van der Waals surface area contributed by atoms with Gasteiger partial charge in [0.2, 0.25) is 0 Å². The lowest BCUT2D eigenvalue weighted by Crippen LogP contribution is -2.48. The Balaban J connectivity index is 1.69. The van der Waals surface area contributed by atoms with E-state index in [1.807, 2.05) is 0 Å². The fourth-order valence-electron chi connectivity index (χ4n) is 4.47. The summed E-state index contributed by atoms with van der Waals surface area (Å²) >= 11 is 1.54. The second-order valence-electron chi connectivity index (χ2n) is 6.04. The number of hydrogen-bond acceptors (Lipinski definition) is 3. The average Bonchev–Trinajstić information content (AvgIpc) is 2.27. The summed E-state index contributed by atoms with van der Waals surface area (Å²) in [6, 6.07) is 0. The molecule has 0 radical (unpaired) electrons. The van der Waals surface area contributed by atoms with Crippen LogP contribution in [0.3, 0.4) is 0 Å². The summed E-state index contributed by atoms with van der Waals surface area (Å²) in [6.07, 6.45) is 6.66. The molecule has 4 aliphatic carbocycles. The highest BCUT2D eigenvalue weighted by Gasteiger charge is 2.49. The van der Waals surface area contributed by atoms with Gasteiger partial charge in [-0.3, -0.25) is 4.79 Å².